The lowest BCUT2D eigenvalue weighted by Crippen LogP contribution is -2.22. The van der Waals surface area contributed by atoms with Gasteiger partial charge < -0.3 is 10.1 Å². The van der Waals surface area contributed by atoms with Gasteiger partial charge in [0.1, 0.15) is 0 Å². The molecule has 0 radical (unpaired) electrons. The molecule has 0 bridgehead atoms. The molecule has 0 spiro atoms. The summed E-state index contributed by atoms with van der Waals surface area (Å²) in [5.41, 5.74) is 2.29. The van der Waals surface area contributed by atoms with E-state index >= 15 is 0 Å². The van der Waals surface area contributed by atoms with E-state index in [2.05, 4.69) is 20.8 Å². The van der Waals surface area contributed by atoms with E-state index in [0.29, 0.717) is 18.1 Å². The Kier molecular flexibility index (Phi) is 5.15. The minimum Gasteiger partial charge on any atom is -0.367 e. The lowest BCUT2D eigenvalue weighted by atomic mass is 10.1. The Bertz CT molecular complexity index is 847. The number of nitrogens with one attached hydrogen (secondary N) is 1. The molecule has 25 heavy (non-hydrogen) atoms. The van der Waals surface area contributed by atoms with E-state index < -0.39 is 6.10 Å². The number of ether oxygens (including phenoxy) is 1. The van der Waals surface area contributed by atoms with Crippen molar-refractivity contribution >= 4 is 11.6 Å². The van der Waals surface area contributed by atoms with Gasteiger partial charge in [0.05, 0.1) is 0 Å². The Hall–Kier alpha value is -3.06. The Balaban J connectivity index is 1.81. The summed E-state index contributed by atoms with van der Waals surface area (Å²) in [6, 6.07) is 16.8. The van der Waals surface area contributed by atoms with E-state index in [0.717, 1.165) is 11.1 Å². The van der Waals surface area contributed by atoms with Crippen LogP contribution in [0.1, 0.15) is 18.6 Å². The zero-order valence-corrected chi connectivity index (χ0v) is 14.1. The molecule has 128 valence electrons. The van der Waals surface area contributed by atoms with E-state index in [4.69, 9.17) is 4.74 Å². The molecular weight excluding hydrogens is 318 g/mol. The lowest BCUT2D eigenvalue weighted by Gasteiger charge is -2.16. The van der Waals surface area contributed by atoms with E-state index in [1.165, 1.54) is 7.11 Å². The summed E-state index contributed by atoms with van der Waals surface area (Å²) in [6.45, 7) is 2.63. The van der Waals surface area contributed by atoms with E-state index in [1.807, 2.05) is 61.5 Å². The Morgan fingerprint density at radius 3 is 2.72 bits per heavy atom. The number of hydrogen-bond acceptors (Lipinski definition) is 5. The predicted molar refractivity (Wildman–Crippen MR) is 93.7 cm³/mol. The van der Waals surface area contributed by atoms with Crippen LogP contribution in [-0.4, -0.2) is 33.2 Å². The summed E-state index contributed by atoms with van der Waals surface area (Å²) in [4.78, 5) is 12.6. The maximum Gasteiger partial charge on any atom is 0.258 e. The molecule has 2 aromatic carbocycles. The Morgan fingerprint density at radius 1 is 1.20 bits per heavy atom. The summed E-state index contributed by atoms with van der Waals surface area (Å²) in [5.74, 6) is 0.422. The van der Waals surface area contributed by atoms with E-state index in [-0.39, 0.29) is 5.91 Å². The number of methoxy groups -OCH3 is 1. The van der Waals surface area contributed by atoms with Gasteiger partial charge in [-0.1, -0.05) is 42.5 Å². The number of tetrazole rings is 1. The van der Waals surface area contributed by atoms with Crippen LogP contribution in [0.2, 0.25) is 0 Å². The summed E-state index contributed by atoms with van der Waals surface area (Å²) in [7, 11) is 1.52. The van der Waals surface area contributed by atoms with Crippen LogP contribution in [0, 0.1) is 0 Å². The molecule has 1 atom stereocenters. The molecule has 7 heteroatoms. The molecule has 0 aliphatic rings. The molecular formula is C18H19N5O2. The number of hydrogen-bond donors (Lipinski definition) is 1. The molecule has 3 aromatic rings. The van der Waals surface area contributed by atoms with Crippen LogP contribution in [0.25, 0.3) is 11.4 Å². The first-order chi connectivity index (χ1) is 12.2. The maximum absolute atomic E-state index is 12.6. The van der Waals surface area contributed by atoms with Crippen molar-refractivity contribution in [1.29, 1.82) is 0 Å². The molecule has 7 nitrogen and oxygen atoms in total. The van der Waals surface area contributed by atoms with Gasteiger partial charge in [0, 0.05) is 24.9 Å². The molecule has 0 fully saturated rings. The van der Waals surface area contributed by atoms with Gasteiger partial charge in [0.25, 0.3) is 5.91 Å². The fourth-order valence-electron chi connectivity index (χ4n) is 2.59. The molecule has 0 saturated carbocycles. The van der Waals surface area contributed by atoms with Crippen LogP contribution in [0.3, 0.4) is 0 Å². The van der Waals surface area contributed by atoms with Gasteiger partial charge in [-0.25, -0.2) is 4.68 Å². The number of nitrogens with zero attached hydrogens (tertiary/aromatic N) is 4. The monoisotopic (exact) mass is 337 g/mol. The number of aromatic nitrogens is 4. The first kappa shape index (κ1) is 16.8. The molecule has 0 saturated heterocycles. The standard InChI is InChI=1S/C18H19N5O2/c1-3-23-17(20-21-22-23)14-10-7-11-15(12-14)19-18(24)16(25-2)13-8-5-4-6-9-13/h4-12,16H,3H2,1-2H3,(H,19,24). The fraction of sp³-hybridized carbons (Fsp3) is 0.222. The Morgan fingerprint density at radius 2 is 2.00 bits per heavy atom. The van der Waals surface area contributed by atoms with Crippen molar-refractivity contribution in [2.75, 3.05) is 12.4 Å². The van der Waals surface area contributed by atoms with Gasteiger partial charge in [0.15, 0.2) is 11.9 Å². The number of anilines is 1. The highest BCUT2D eigenvalue weighted by Gasteiger charge is 2.20. The first-order valence-corrected chi connectivity index (χ1v) is 7.98. The smallest absolute Gasteiger partial charge is 0.258 e. The minimum absolute atomic E-state index is 0.235. The molecule has 1 heterocycles. The number of carbonyl (C=O) groups is 1. The third kappa shape index (κ3) is 3.72. The third-order valence-electron chi connectivity index (χ3n) is 3.80. The average molecular weight is 337 g/mol. The van der Waals surface area contributed by atoms with Crippen molar-refractivity contribution in [3.63, 3.8) is 0 Å². The normalized spacial score (nSPS) is 11.9. The summed E-state index contributed by atoms with van der Waals surface area (Å²) < 4.78 is 7.06. The predicted octanol–water partition coefficient (Wildman–Crippen LogP) is 2.69. The van der Waals surface area contributed by atoms with E-state index in [1.54, 1.807) is 4.68 Å². The van der Waals surface area contributed by atoms with E-state index in [9.17, 15) is 4.79 Å². The molecule has 1 unspecified atom stereocenters. The van der Waals surface area contributed by atoms with Gasteiger partial charge >= 0.3 is 0 Å². The van der Waals surface area contributed by atoms with Crippen LogP contribution in [-0.2, 0) is 16.1 Å². The molecule has 0 aliphatic heterocycles. The van der Waals surface area contributed by atoms with Crippen molar-refractivity contribution < 1.29 is 9.53 Å². The second-order valence-corrected chi connectivity index (χ2v) is 5.41. The highest BCUT2D eigenvalue weighted by Crippen LogP contribution is 2.23. The number of amides is 1. The van der Waals surface area contributed by atoms with Gasteiger partial charge in [-0.2, -0.15) is 0 Å². The topological polar surface area (TPSA) is 81.9 Å². The fourth-order valence-corrected chi connectivity index (χ4v) is 2.59. The quantitative estimate of drug-likeness (QED) is 0.748. The van der Waals surface area contributed by atoms with Gasteiger partial charge in [-0.15, -0.1) is 5.10 Å². The zero-order chi connectivity index (χ0) is 17.6. The number of carbonyl (C=O) groups excluding carboxylic acids is 1. The van der Waals surface area contributed by atoms with Crippen molar-refractivity contribution in [3.8, 4) is 11.4 Å². The largest absolute Gasteiger partial charge is 0.367 e. The average Bonchev–Trinajstić information content (AvgIpc) is 3.12. The Labute approximate surface area is 145 Å². The zero-order valence-electron chi connectivity index (χ0n) is 14.1. The highest BCUT2D eigenvalue weighted by atomic mass is 16.5. The molecule has 1 N–H and O–H groups in total. The number of aryl methyl sites for hydroxylation is 1. The van der Waals surface area contributed by atoms with Crippen LogP contribution >= 0.6 is 0 Å². The summed E-state index contributed by atoms with van der Waals surface area (Å²) in [5, 5.41) is 14.6. The summed E-state index contributed by atoms with van der Waals surface area (Å²) in [6.07, 6.45) is -0.675. The van der Waals surface area contributed by atoms with Gasteiger partial charge in [0.2, 0.25) is 0 Å². The molecule has 0 aliphatic carbocycles. The maximum atomic E-state index is 12.6. The second kappa shape index (κ2) is 7.67. The minimum atomic E-state index is -0.675. The van der Waals surface area contributed by atoms with Crippen LogP contribution in [0.5, 0.6) is 0 Å². The van der Waals surface area contributed by atoms with Gasteiger partial charge in [-0.05, 0) is 35.0 Å². The number of benzene rings is 2. The molecule has 1 amide bonds. The highest BCUT2D eigenvalue weighted by molar-refractivity contribution is 5.95. The van der Waals surface area contributed by atoms with Crippen LogP contribution in [0.4, 0.5) is 5.69 Å². The molecule has 1 aromatic heterocycles. The SMILES string of the molecule is CCn1nnnc1-c1cccc(NC(=O)C(OC)c2ccccc2)c1. The third-order valence-corrected chi connectivity index (χ3v) is 3.80. The van der Waals surface area contributed by atoms with Crippen molar-refractivity contribution in [1.82, 2.24) is 20.2 Å². The first-order valence-electron chi connectivity index (χ1n) is 7.98. The van der Waals surface area contributed by atoms with Gasteiger partial charge in [-0.3, -0.25) is 4.79 Å². The summed E-state index contributed by atoms with van der Waals surface area (Å²) >= 11 is 0. The molecule has 3 rings (SSSR count). The second-order valence-electron chi connectivity index (χ2n) is 5.41. The van der Waals surface area contributed by atoms with Crippen LogP contribution in [0.15, 0.2) is 54.6 Å². The number of rotatable bonds is 6. The van der Waals surface area contributed by atoms with Crippen molar-refractivity contribution in [2.24, 2.45) is 0 Å². The van der Waals surface area contributed by atoms with Crippen molar-refractivity contribution in [2.45, 2.75) is 19.6 Å². The lowest BCUT2D eigenvalue weighted by molar-refractivity contribution is -0.126. The van der Waals surface area contributed by atoms with Crippen molar-refractivity contribution in [3.05, 3.63) is 60.2 Å². The van der Waals surface area contributed by atoms with Crippen LogP contribution < -0.4 is 5.32 Å².